The Balaban J connectivity index is 1.36. The number of benzene rings is 1. The zero-order valence-electron chi connectivity index (χ0n) is 16.4. The van der Waals surface area contributed by atoms with E-state index < -0.39 is 0 Å². The van der Waals surface area contributed by atoms with Gasteiger partial charge in [-0.1, -0.05) is 29.3 Å². The molecule has 30 heavy (non-hydrogen) atoms. The van der Waals surface area contributed by atoms with Crippen LogP contribution in [0, 0.1) is 0 Å². The summed E-state index contributed by atoms with van der Waals surface area (Å²) in [5.74, 6) is -0.429. The molecule has 0 atom stereocenters. The highest BCUT2D eigenvalue weighted by Gasteiger charge is 2.28. The Bertz CT molecular complexity index is 943. The lowest BCUT2D eigenvalue weighted by Crippen LogP contribution is -2.41. The topological polar surface area (TPSA) is 79.7 Å². The number of aromatic nitrogens is 2. The van der Waals surface area contributed by atoms with Gasteiger partial charge in [-0.15, -0.1) is 0 Å². The molecule has 2 aromatic rings. The van der Waals surface area contributed by atoms with Crippen LogP contribution >= 0.6 is 23.2 Å². The maximum atomic E-state index is 12.9. The molecule has 10 heteroatoms. The van der Waals surface area contributed by atoms with Crippen LogP contribution in [0.15, 0.2) is 24.3 Å². The van der Waals surface area contributed by atoms with Crippen LogP contribution in [0.2, 0.25) is 10.0 Å². The Morgan fingerprint density at radius 1 is 1.10 bits per heavy atom. The van der Waals surface area contributed by atoms with Crippen molar-refractivity contribution in [2.75, 3.05) is 45.9 Å². The Hall–Kier alpha value is -2.13. The molecule has 2 aliphatic heterocycles. The number of carbonyl (C=O) groups is 2. The van der Waals surface area contributed by atoms with Gasteiger partial charge in [0.05, 0.1) is 29.8 Å². The van der Waals surface area contributed by atoms with E-state index in [-0.39, 0.29) is 17.5 Å². The van der Waals surface area contributed by atoms with Crippen molar-refractivity contribution in [1.29, 1.82) is 0 Å². The summed E-state index contributed by atoms with van der Waals surface area (Å²) in [5.41, 5.74) is 1.57. The molecule has 8 nitrogen and oxygen atoms in total. The number of nitrogens with zero attached hydrogens (tertiary/aromatic N) is 4. The second-order valence-corrected chi connectivity index (χ2v) is 8.14. The summed E-state index contributed by atoms with van der Waals surface area (Å²) in [7, 11) is 0. The van der Waals surface area contributed by atoms with Gasteiger partial charge in [0.2, 0.25) is 0 Å². The van der Waals surface area contributed by atoms with Crippen molar-refractivity contribution in [2.45, 2.75) is 13.1 Å². The second kappa shape index (κ2) is 9.34. The molecule has 0 radical (unpaired) electrons. The largest absolute Gasteiger partial charge is 0.379 e. The van der Waals surface area contributed by atoms with Gasteiger partial charge < -0.3 is 15.0 Å². The van der Waals surface area contributed by atoms with Crippen molar-refractivity contribution < 1.29 is 14.3 Å². The molecular weight excluding hydrogens is 429 g/mol. The standard InChI is InChI=1S/C20H23Cl2N5O3/c21-15-2-1-14(11-16(15)22)13-26-5-6-27-18(20(26)29)12-17(24-27)19(28)23-3-4-25-7-9-30-10-8-25/h1-2,11-12H,3-10,13H2,(H,23,28). The van der Waals surface area contributed by atoms with Gasteiger partial charge >= 0.3 is 0 Å². The first kappa shape index (κ1) is 21.1. The summed E-state index contributed by atoms with van der Waals surface area (Å²) in [4.78, 5) is 29.3. The minimum Gasteiger partial charge on any atom is -0.379 e. The molecule has 0 spiro atoms. The normalized spacial score (nSPS) is 17.1. The zero-order valence-corrected chi connectivity index (χ0v) is 18.0. The number of morpholine rings is 1. The van der Waals surface area contributed by atoms with Crippen LogP contribution in [0.5, 0.6) is 0 Å². The predicted octanol–water partition coefficient (Wildman–Crippen LogP) is 1.91. The highest BCUT2D eigenvalue weighted by atomic mass is 35.5. The lowest BCUT2D eigenvalue weighted by molar-refractivity contribution is 0.0383. The molecule has 1 saturated heterocycles. The van der Waals surface area contributed by atoms with Gasteiger partial charge in [-0.05, 0) is 17.7 Å². The fourth-order valence-corrected chi connectivity index (χ4v) is 3.92. The number of hydrogen-bond donors (Lipinski definition) is 1. The van der Waals surface area contributed by atoms with Crippen molar-refractivity contribution in [1.82, 2.24) is 24.9 Å². The quantitative estimate of drug-likeness (QED) is 0.725. The molecule has 3 heterocycles. The molecule has 1 fully saturated rings. The summed E-state index contributed by atoms with van der Waals surface area (Å²) < 4.78 is 6.92. The fraction of sp³-hybridized carbons (Fsp3) is 0.450. The van der Waals surface area contributed by atoms with Crippen molar-refractivity contribution >= 4 is 35.0 Å². The van der Waals surface area contributed by atoms with E-state index in [0.717, 1.165) is 38.4 Å². The van der Waals surface area contributed by atoms with E-state index in [1.54, 1.807) is 27.8 Å². The summed E-state index contributed by atoms with van der Waals surface area (Å²) in [6.07, 6.45) is 0. The molecule has 0 unspecified atom stereocenters. The fourth-order valence-electron chi connectivity index (χ4n) is 3.60. The van der Waals surface area contributed by atoms with Crippen LogP contribution in [0.1, 0.15) is 26.5 Å². The van der Waals surface area contributed by atoms with Crippen LogP contribution in [-0.4, -0.2) is 77.3 Å². The molecule has 0 aliphatic carbocycles. The lowest BCUT2D eigenvalue weighted by atomic mass is 10.2. The third kappa shape index (κ3) is 4.78. The lowest BCUT2D eigenvalue weighted by Gasteiger charge is -2.27. The molecule has 4 rings (SSSR count). The number of fused-ring (bicyclic) bond motifs is 1. The molecule has 2 amide bonds. The first-order valence-corrected chi connectivity index (χ1v) is 10.7. The number of ether oxygens (including phenoxy) is 1. The Morgan fingerprint density at radius 3 is 2.67 bits per heavy atom. The third-order valence-corrected chi connectivity index (χ3v) is 6.01. The smallest absolute Gasteiger partial charge is 0.272 e. The second-order valence-electron chi connectivity index (χ2n) is 7.32. The van der Waals surface area contributed by atoms with Gasteiger partial charge in [0.1, 0.15) is 5.69 Å². The molecule has 1 N–H and O–H groups in total. The molecule has 160 valence electrons. The van der Waals surface area contributed by atoms with E-state index in [2.05, 4.69) is 15.3 Å². The van der Waals surface area contributed by atoms with Gasteiger partial charge in [0, 0.05) is 45.3 Å². The average molecular weight is 452 g/mol. The van der Waals surface area contributed by atoms with E-state index >= 15 is 0 Å². The van der Waals surface area contributed by atoms with E-state index in [0.29, 0.717) is 41.9 Å². The van der Waals surface area contributed by atoms with Crippen molar-refractivity contribution in [2.24, 2.45) is 0 Å². The third-order valence-electron chi connectivity index (χ3n) is 5.28. The van der Waals surface area contributed by atoms with Crippen LogP contribution < -0.4 is 5.32 Å². The maximum absolute atomic E-state index is 12.9. The SMILES string of the molecule is O=C(NCCN1CCOCC1)c1cc2n(n1)CCN(Cc1ccc(Cl)c(Cl)c1)C2=O. The van der Waals surface area contributed by atoms with E-state index in [9.17, 15) is 9.59 Å². The number of carbonyl (C=O) groups excluding carboxylic acids is 2. The minimum absolute atomic E-state index is 0.160. The molecule has 0 saturated carbocycles. The highest BCUT2D eigenvalue weighted by molar-refractivity contribution is 6.42. The van der Waals surface area contributed by atoms with Crippen LogP contribution in [0.4, 0.5) is 0 Å². The Morgan fingerprint density at radius 2 is 1.90 bits per heavy atom. The molecule has 0 bridgehead atoms. The summed E-state index contributed by atoms with van der Waals surface area (Å²) in [6, 6.07) is 6.89. The van der Waals surface area contributed by atoms with Crippen molar-refractivity contribution in [3.8, 4) is 0 Å². The maximum Gasteiger partial charge on any atom is 0.272 e. The summed E-state index contributed by atoms with van der Waals surface area (Å²) in [5, 5.41) is 8.14. The summed E-state index contributed by atoms with van der Waals surface area (Å²) in [6.45, 7) is 5.94. The zero-order chi connectivity index (χ0) is 21.1. The first-order chi connectivity index (χ1) is 14.5. The first-order valence-electron chi connectivity index (χ1n) is 9.90. The number of rotatable bonds is 6. The Kier molecular flexibility index (Phi) is 6.58. The molecule has 1 aromatic heterocycles. The number of nitrogens with one attached hydrogen (secondary N) is 1. The summed E-state index contributed by atoms with van der Waals surface area (Å²) >= 11 is 12.0. The number of hydrogen-bond acceptors (Lipinski definition) is 5. The predicted molar refractivity (Wildman–Crippen MR) is 113 cm³/mol. The van der Waals surface area contributed by atoms with Gasteiger partial charge in [-0.2, -0.15) is 5.10 Å². The van der Waals surface area contributed by atoms with E-state index in [4.69, 9.17) is 27.9 Å². The van der Waals surface area contributed by atoms with Crippen molar-refractivity contribution in [3.63, 3.8) is 0 Å². The monoisotopic (exact) mass is 451 g/mol. The van der Waals surface area contributed by atoms with E-state index in [1.165, 1.54) is 0 Å². The van der Waals surface area contributed by atoms with Crippen LogP contribution in [-0.2, 0) is 17.8 Å². The van der Waals surface area contributed by atoms with Gasteiger partial charge in [-0.3, -0.25) is 19.2 Å². The van der Waals surface area contributed by atoms with Gasteiger partial charge in [0.25, 0.3) is 11.8 Å². The van der Waals surface area contributed by atoms with Crippen molar-refractivity contribution in [3.05, 3.63) is 51.3 Å². The molecule has 2 aliphatic rings. The number of amides is 2. The average Bonchev–Trinajstić information content (AvgIpc) is 3.19. The minimum atomic E-state index is -0.269. The molecular formula is C20H23Cl2N5O3. The van der Waals surface area contributed by atoms with Gasteiger partial charge in [-0.25, -0.2) is 0 Å². The van der Waals surface area contributed by atoms with Gasteiger partial charge in [0.15, 0.2) is 5.69 Å². The van der Waals surface area contributed by atoms with E-state index in [1.807, 2.05) is 6.07 Å². The highest BCUT2D eigenvalue weighted by Crippen LogP contribution is 2.24. The van der Waals surface area contributed by atoms with Crippen LogP contribution in [0.25, 0.3) is 0 Å². The number of halogens is 2. The van der Waals surface area contributed by atoms with Crippen LogP contribution in [0.3, 0.4) is 0 Å². The molecule has 1 aromatic carbocycles. The Labute approximate surface area is 184 Å².